The molecule has 1 heterocycles. The van der Waals surface area contributed by atoms with Crippen molar-refractivity contribution in [2.45, 2.75) is 33.4 Å². The van der Waals surface area contributed by atoms with Crippen molar-refractivity contribution in [1.82, 2.24) is 4.57 Å². The molecule has 134 valence electrons. The molecule has 0 radical (unpaired) electrons. The lowest BCUT2D eigenvalue weighted by Crippen LogP contribution is -2.26. The Balaban J connectivity index is 2.53. The minimum Gasteiger partial charge on any atom is -0.493 e. The van der Waals surface area contributed by atoms with Crippen LogP contribution in [0.5, 0.6) is 5.88 Å². The van der Waals surface area contributed by atoms with Crippen LogP contribution in [-0.2, 0) is 6.54 Å². The molecular formula is C18H18N4O4. The van der Waals surface area contributed by atoms with Gasteiger partial charge in [-0.1, -0.05) is 0 Å². The maximum atomic E-state index is 12.6. The molecule has 0 bridgehead atoms. The first kappa shape index (κ1) is 19.0. The van der Waals surface area contributed by atoms with Gasteiger partial charge in [-0.25, -0.2) is 0 Å². The smallest absolute Gasteiger partial charge is 0.281 e. The van der Waals surface area contributed by atoms with Crippen LogP contribution in [0.15, 0.2) is 39.3 Å². The quantitative estimate of drug-likeness (QED) is 0.630. The lowest BCUT2D eigenvalue weighted by Gasteiger charge is -2.14. The van der Waals surface area contributed by atoms with E-state index in [1.165, 1.54) is 20.8 Å². The molecule has 8 heteroatoms. The number of aromatic nitrogens is 1. The zero-order chi connectivity index (χ0) is 19.4. The molecule has 0 aliphatic rings. The summed E-state index contributed by atoms with van der Waals surface area (Å²) in [4.78, 5) is 23.8. The van der Waals surface area contributed by atoms with Crippen molar-refractivity contribution in [2.75, 3.05) is 0 Å². The van der Waals surface area contributed by atoms with Crippen LogP contribution in [0.1, 0.15) is 35.3 Å². The number of hydrogen-bond acceptors (Lipinski definition) is 7. The third kappa shape index (κ3) is 3.84. The van der Waals surface area contributed by atoms with E-state index >= 15 is 0 Å². The summed E-state index contributed by atoms with van der Waals surface area (Å²) in [5.41, 5.74) is 0.269. The van der Waals surface area contributed by atoms with Crippen LogP contribution >= 0.6 is 0 Å². The largest absolute Gasteiger partial charge is 0.493 e. The van der Waals surface area contributed by atoms with Gasteiger partial charge < -0.3 is 10.2 Å². The van der Waals surface area contributed by atoms with Crippen LogP contribution in [-0.4, -0.2) is 26.7 Å². The predicted octanol–water partition coefficient (Wildman–Crippen LogP) is 2.73. The monoisotopic (exact) mass is 354 g/mol. The van der Waals surface area contributed by atoms with E-state index in [9.17, 15) is 25.1 Å². The summed E-state index contributed by atoms with van der Waals surface area (Å²) in [6.45, 7) is 4.20. The van der Waals surface area contributed by atoms with Crippen LogP contribution in [0.25, 0.3) is 0 Å². The van der Waals surface area contributed by atoms with E-state index in [4.69, 9.17) is 0 Å². The first-order valence-electron chi connectivity index (χ1n) is 7.83. The van der Waals surface area contributed by atoms with E-state index in [1.807, 2.05) is 6.07 Å². The fraction of sp³-hybridized carbons (Fsp3) is 0.278. The number of aliphatic hydroxyl groups excluding tert-OH is 1. The molecule has 0 saturated carbocycles. The zero-order valence-corrected chi connectivity index (χ0v) is 14.6. The predicted molar refractivity (Wildman–Crippen MR) is 94.1 cm³/mol. The van der Waals surface area contributed by atoms with Crippen molar-refractivity contribution >= 4 is 17.2 Å². The first-order valence-corrected chi connectivity index (χ1v) is 7.83. The molecule has 0 saturated heterocycles. The molecule has 8 nitrogen and oxygen atoms in total. The summed E-state index contributed by atoms with van der Waals surface area (Å²) in [5, 5.41) is 36.8. The summed E-state index contributed by atoms with van der Waals surface area (Å²) in [5.74, 6) is -0.594. The first-order chi connectivity index (χ1) is 12.3. The Morgan fingerprint density at radius 3 is 2.42 bits per heavy atom. The van der Waals surface area contributed by atoms with Gasteiger partial charge in [0.15, 0.2) is 11.5 Å². The number of azo groups is 1. The molecule has 2 N–H and O–H groups in total. The average Bonchev–Trinajstić information content (AvgIpc) is 2.59. The van der Waals surface area contributed by atoms with Gasteiger partial charge >= 0.3 is 0 Å². The van der Waals surface area contributed by atoms with Crippen molar-refractivity contribution in [2.24, 2.45) is 10.2 Å². The molecule has 2 aromatic rings. The standard InChI is InChI=1S/C18H18N4O4/c1-10(23)9-22-17(25)15(8-19)11(2)16(18(22)26)21-20-14-6-4-13(5-7-14)12(3)24/h4-7,10,23,25H,9H2,1-3H3. The highest BCUT2D eigenvalue weighted by Gasteiger charge is 2.19. The molecule has 2 rings (SSSR count). The van der Waals surface area contributed by atoms with Crippen LogP contribution in [0.4, 0.5) is 11.4 Å². The van der Waals surface area contributed by atoms with Crippen molar-refractivity contribution in [1.29, 1.82) is 5.26 Å². The number of rotatable bonds is 5. The Labute approximate surface area is 149 Å². The van der Waals surface area contributed by atoms with Crippen molar-refractivity contribution in [3.05, 3.63) is 51.3 Å². The molecule has 0 aliphatic carbocycles. The Bertz CT molecular complexity index is 967. The third-order valence-corrected chi connectivity index (χ3v) is 3.76. The molecule has 0 spiro atoms. The van der Waals surface area contributed by atoms with E-state index in [2.05, 4.69) is 10.2 Å². The number of benzene rings is 1. The van der Waals surface area contributed by atoms with Gasteiger partial charge in [0.05, 0.1) is 18.3 Å². The maximum Gasteiger partial charge on any atom is 0.281 e. The second-order valence-corrected chi connectivity index (χ2v) is 5.85. The molecule has 1 aromatic carbocycles. The Morgan fingerprint density at radius 1 is 1.31 bits per heavy atom. The summed E-state index contributed by atoms with van der Waals surface area (Å²) in [6.07, 6.45) is -0.906. The van der Waals surface area contributed by atoms with Gasteiger partial charge in [-0.05, 0) is 45.0 Å². The Morgan fingerprint density at radius 2 is 1.92 bits per heavy atom. The topological polar surface area (TPSA) is 128 Å². The minimum atomic E-state index is -0.906. The highest BCUT2D eigenvalue weighted by Crippen LogP contribution is 2.27. The van der Waals surface area contributed by atoms with Gasteiger partial charge in [-0.2, -0.15) is 10.4 Å². The lowest BCUT2D eigenvalue weighted by molar-refractivity contribution is 0.101. The number of nitrogens with zero attached hydrogens (tertiary/aromatic N) is 4. The number of hydrogen-bond donors (Lipinski definition) is 2. The van der Waals surface area contributed by atoms with Crippen LogP contribution < -0.4 is 5.56 Å². The minimum absolute atomic E-state index is 0.0810. The number of ketones is 1. The molecule has 0 aliphatic heterocycles. The van der Waals surface area contributed by atoms with Gasteiger partial charge in [-0.3, -0.25) is 14.2 Å². The highest BCUT2D eigenvalue weighted by molar-refractivity contribution is 5.94. The zero-order valence-electron chi connectivity index (χ0n) is 14.6. The summed E-state index contributed by atoms with van der Waals surface area (Å²) in [6, 6.07) is 8.17. The molecule has 26 heavy (non-hydrogen) atoms. The number of Topliss-reactive ketones (excluding diaryl/α,β-unsaturated/α-hetero) is 1. The Hall–Kier alpha value is -3.31. The fourth-order valence-corrected chi connectivity index (χ4v) is 2.36. The molecular weight excluding hydrogens is 336 g/mol. The number of nitriles is 1. The number of carbonyl (C=O) groups is 1. The van der Waals surface area contributed by atoms with Gasteiger partial charge in [-0.15, -0.1) is 5.11 Å². The van der Waals surface area contributed by atoms with E-state index < -0.39 is 17.5 Å². The molecule has 0 amide bonds. The highest BCUT2D eigenvalue weighted by atomic mass is 16.3. The van der Waals surface area contributed by atoms with Crippen LogP contribution in [0, 0.1) is 18.3 Å². The van der Waals surface area contributed by atoms with Gasteiger partial charge in [0.2, 0.25) is 5.88 Å². The lowest BCUT2D eigenvalue weighted by atomic mass is 10.1. The van der Waals surface area contributed by atoms with Gasteiger partial charge in [0, 0.05) is 11.1 Å². The van der Waals surface area contributed by atoms with Crippen molar-refractivity contribution < 1.29 is 15.0 Å². The maximum absolute atomic E-state index is 12.6. The number of carbonyl (C=O) groups excluding carboxylic acids is 1. The number of aliphatic hydroxyl groups is 1. The van der Waals surface area contributed by atoms with E-state index in [-0.39, 0.29) is 29.1 Å². The van der Waals surface area contributed by atoms with Crippen molar-refractivity contribution in [3.8, 4) is 11.9 Å². The summed E-state index contributed by atoms with van der Waals surface area (Å²) in [7, 11) is 0. The summed E-state index contributed by atoms with van der Waals surface area (Å²) < 4.78 is 0.892. The van der Waals surface area contributed by atoms with Crippen molar-refractivity contribution in [3.63, 3.8) is 0 Å². The molecule has 0 fully saturated rings. The van der Waals surface area contributed by atoms with Crippen LogP contribution in [0.3, 0.4) is 0 Å². The number of aromatic hydroxyl groups is 1. The fourth-order valence-electron chi connectivity index (χ4n) is 2.36. The van der Waals surface area contributed by atoms with E-state index in [0.29, 0.717) is 11.3 Å². The summed E-state index contributed by atoms with van der Waals surface area (Å²) >= 11 is 0. The Kier molecular flexibility index (Phi) is 5.64. The van der Waals surface area contributed by atoms with Gasteiger partial charge in [0.1, 0.15) is 11.6 Å². The molecule has 1 aromatic heterocycles. The molecule has 1 unspecified atom stereocenters. The second-order valence-electron chi connectivity index (χ2n) is 5.85. The normalized spacial score (nSPS) is 12.1. The van der Waals surface area contributed by atoms with E-state index in [1.54, 1.807) is 24.3 Å². The van der Waals surface area contributed by atoms with Gasteiger partial charge in [0.25, 0.3) is 5.56 Å². The third-order valence-electron chi connectivity index (χ3n) is 3.76. The molecule has 1 atom stereocenters. The van der Waals surface area contributed by atoms with Crippen LogP contribution in [0.2, 0.25) is 0 Å². The SMILES string of the molecule is CC(=O)c1ccc(N=Nc2c(C)c(C#N)c(O)n(CC(C)O)c2=O)cc1. The average molecular weight is 354 g/mol. The number of pyridine rings is 1. The second kappa shape index (κ2) is 7.72. The van der Waals surface area contributed by atoms with E-state index in [0.717, 1.165) is 4.57 Å².